The molecule has 1 aliphatic heterocycles. The third-order valence-corrected chi connectivity index (χ3v) is 2.85. The van der Waals surface area contributed by atoms with Crippen molar-refractivity contribution in [3.8, 4) is 0 Å². The molecule has 0 aromatic heterocycles. The average molecular weight is 232 g/mol. The predicted molar refractivity (Wildman–Crippen MR) is 65.8 cm³/mol. The monoisotopic (exact) mass is 232 g/mol. The van der Waals surface area contributed by atoms with Gasteiger partial charge >= 0.3 is 0 Å². The Balaban J connectivity index is 1.93. The SMILES string of the molecule is CCC(=O)NCCc1ccc2c(c1)CC(=O)N2. The second kappa shape index (κ2) is 4.99. The minimum absolute atomic E-state index is 0.0523. The van der Waals surface area contributed by atoms with Gasteiger partial charge in [-0.15, -0.1) is 0 Å². The lowest BCUT2D eigenvalue weighted by Gasteiger charge is -2.05. The third-order valence-electron chi connectivity index (χ3n) is 2.85. The van der Waals surface area contributed by atoms with Gasteiger partial charge in [-0.2, -0.15) is 0 Å². The maximum Gasteiger partial charge on any atom is 0.228 e. The summed E-state index contributed by atoms with van der Waals surface area (Å²) in [6.07, 6.45) is 1.78. The van der Waals surface area contributed by atoms with Crippen molar-refractivity contribution in [3.05, 3.63) is 29.3 Å². The van der Waals surface area contributed by atoms with Crippen molar-refractivity contribution in [2.75, 3.05) is 11.9 Å². The van der Waals surface area contributed by atoms with Gasteiger partial charge in [0.1, 0.15) is 0 Å². The molecule has 0 unspecified atom stereocenters. The minimum atomic E-state index is 0.0523. The molecule has 4 nitrogen and oxygen atoms in total. The van der Waals surface area contributed by atoms with Gasteiger partial charge in [0.05, 0.1) is 6.42 Å². The van der Waals surface area contributed by atoms with Crippen LogP contribution < -0.4 is 10.6 Å². The van der Waals surface area contributed by atoms with Crippen LogP contribution in [0.25, 0.3) is 0 Å². The number of hydrogen-bond donors (Lipinski definition) is 2. The zero-order valence-corrected chi connectivity index (χ0v) is 9.88. The fourth-order valence-electron chi connectivity index (χ4n) is 1.91. The van der Waals surface area contributed by atoms with Crippen molar-refractivity contribution in [1.29, 1.82) is 0 Å². The molecule has 0 bridgehead atoms. The van der Waals surface area contributed by atoms with E-state index in [-0.39, 0.29) is 11.8 Å². The maximum atomic E-state index is 11.2. The van der Waals surface area contributed by atoms with E-state index in [0.29, 0.717) is 19.4 Å². The summed E-state index contributed by atoms with van der Waals surface area (Å²) in [6, 6.07) is 5.95. The topological polar surface area (TPSA) is 58.2 Å². The van der Waals surface area contributed by atoms with Crippen molar-refractivity contribution in [3.63, 3.8) is 0 Å². The number of fused-ring (bicyclic) bond motifs is 1. The molecule has 2 amide bonds. The van der Waals surface area contributed by atoms with E-state index in [1.165, 1.54) is 0 Å². The largest absolute Gasteiger partial charge is 0.356 e. The normalized spacial score (nSPS) is 13.1. The Morgan fingerprint density at radius 2 is 2.29 bits per heavy atom. The molecule has 0 radical (unpaired) electrons. The Hall–Kier alpha value is -1.84. The highest BCUT2D eigenvalue weighted by atomic mass is 16.2. The Morgan fingerprint density at radius 1 is 1.47 bits per heavy atom. The highest BCUT2D eigenvalue weighted by molar-refractivity contribution is 5.99. The first-order chi connectivity index (χ1) is 8.19. The fourth-order valence-corrected chi connectivity index (χ4v) is 1.91. The number of carbonyl (C=O) groups excluding carboxylic acids is 2. The van der Waals surface area contributed by atoms with Crippen molar-refractivity contribution < 1.29 is 9.59 Å². The number of nitrogens with one attached hydrogen (secondary N) is 2. The minimum Gasteiger partial charge on any atom is -0.356 e. The highest BCUT2D eigenvalue weighted by Crippen LogP contribution is 2.23. The molecule has 90 valence electrons. The van der Waals surface area contributed by atoms with Crippen LogP contribution in [0.3, 0.4) is 0 Å². The predicted octanol–water partition coefficient (Wildman–Crippen LogP) is 1.25. The first-order valence-corrected chi connectivity index (χ1v) is 5.87. The molecule has 2 N–H and O–H groups in total. The summed E-state index contributed by atoms with van der Waals surface area (Å²) in [5, 5.41) is 5.64. The molecule has 1 aromatic carbocycles. The second-order valence-corrected chi connectivity index (χ2v) is 4.17. The van der Waals surface area contributed by atoms with E-state index in [1.807, 2.05) is 25.1 Å². The fraction of sp³-hybridized carbons (Fsp3) is 0.385. The van der Waals surface area contributed by atoms with Crippen molar-refractivity contribution in [2.45, 2.75) is 26.2 Å². The van der Waals surface area contributed by atoms with E-state index >= 15 is 0 Å². The van der Waals surface area contributed by atoms with E-state index < -0.39 is 0 Å². The zero-order chi connectivity index (χ0) is 12.3. The van der Waals surface area contributed by atoms with Gasteiger partial charge in [0.15, 0.2) is 0 Å². The summed E-state index contributed by atoms with van der Waals surface area (Å²) in [4.78, 5) is 22.3. The number of anilines is 1. The molecule has 1 aliphatic rings. The van der Waals surface area contributed by atoms with Crippen LogP contribution in [-0.4, -0.2) is 18.4 Å². The van der Waals surface area contributed by atoms with Crippen LogP contribution in [0.2, 0.25) is 0 Å². The Kier molecular flexibility index (Phi) is 3.42. The van der Waals surface area contributed by atoms with Gasteiger partial charge in [-0.25, -0.2) is 0 Å². The van der Waals surface area contributed by atoms with Gasteiger partial charge in [0.25, 0.3) is 0 Å². The van der Waals surface area contributed by atoms with Crippen molar-refractivity contribution in [2.24, 2.45) is 0 Å². The molecule has 17 heavy (non-hydrogen) atoms. The lowest BCUT2D eigenvalue weighted by molar-refractivity contribution is -0.120. The van der Waals surface area contributed by atoms with Gasteiger partial charge in [0.2, 0.25) is 11.8 Å². The third kappa shape index (κ3) is 2.84. The van der Waals surface area contributed by atoms with Crippen LogP contribution in [-0.2, 0) is 22.4 Å². The van der Waals surface area contributed by atoms with Crippen molar-refractivity contribution >= 4 is 17.5 Å². The van der Waals surface area contributed by atoms with Gasteiger partial charge in [-0.3, -0.25) is 9.59 Å². The Morgan fingerprint density at radius 3 is 3.06 bits per heavy atom. The number of amides is 2. The molecule has 0 fully saturated rings. The molecule has 1 heterocycles. The van der Waals surface area contributed by atoms with E-state index in [9.17, 15) is 9.59 Å². The molecular weight excluding hydrogens is 216 g/mol. The van der Waals surface area contributed by atoms with Crippen LogP contribution in [0.4, 0.5) is 5.69 Å². The summed E-state index contributed by atoms with van der Waals surface area (Å²) < 4.78 is 0. The molecule has 0 atom stereocenters. The number of carbonyl (C=O) groups is 2. The molecule has 0 aliphatic carbocycles. The van der Waals surface area contributed by atoms with E-state index in [1.54, 1.807) is 0 Å². The van der Waals surface area contributed by atoms with E-state index in [2.05, 4.69) is 10.6 Å². The number of hydrogen-bond acceptors (Lipinski definition) is 2. The van der Waals surface area contributed by atoms with E-state index in [4.69, 9.17) is 0 Å². The molecular formula is C13H16N2O2. The summed E-state index contributed by atoms with van der Waals surface area (Å²) in [5.41, 5.74) is 3.11. The lowest BCUT2D eigenvalue weighted by atomic mass is 10.1. The first-order valence-electron chi connectivity index (χ1n) is 5.87. The van der Waals surface area contributed by atoms with E-state index in [0.717, 1.165) is 23.2 Å². The number of rotatable bonds is 4. The summed E-state index contributed by atoms with van der Waals surface area (Å²) in [6.45, 7) is 2.48. The maximum absolute atomic E-state index is 11.2. The lowest BCUT2D eigenvalue weighted by Crippen LogP contribution is -2.24. The molecule has 4 heteroatoms. The van der Waals surface area contributed by atoms with Gasteiger partial charge < -0.3 is 10.6 Å². The Labute approximate surface area is 100 Å². The second-order valence-electron chi connectivity index (χ2n) is 4.17. The molecule has 1 aromatic rings. The van der Waals surface area contributed by atoms with Crippen LogP contribution >= 0.6 is 0 Å². The first kappa shape index (κ1) is 11.6. The highest BCUT2D eigenvalue weighted by Gasteiger charge is 2.17. The van der Waals surface area contributed by atoms with Gasteiger partial charge in [-0.05, 0) is 23.6 Å². The average Bonchev–Trinajstić information content (AvgIpc) is 2.68. The van der Waals surface area contributed by atoms with Crippen molar-refractivity contribution in [1.82, 2.24) is 5.32 Å². The Bertz CT molecular complexity index is 455. The summed E-state index contributed by atoms with van der Waals surface area (Å²) in [5.74, 6) is 0.124. The quantitative estimate of drug-likeness (QED) is 0.820. The standard InChI is InChI=1S/C13H16N2O2/c1-2-12(16)14-6-5-9-3-4-11-10(7-9)8-13(17)15-11/h3-4,7H,2,5-6,8H2,1H3,(H,14,16)(H,15,17). The van der Waals surface area contributed by atoms with Crippen LogP contribution in [0, 0.1) is 0 Å². The molecule has 0 saturated heterocycles. The van der Waals surface area contributed by atoms with Gasteiger partial charge in [0, 0.05) is 18.7 Å². The smallest absolute Gasteiger partial charge is 0.228 e. The summed E-state index contributed by atoms with van der Waals surface area (Å²) in [7, 11) is 0. The zero-order valence-electron chi connectivity index (χ0n) is 9.88. The number of benzene rings is 1. The van der Waals surface area contributed by atoms with Crippen LogP contribution in [0.5, 0.6) is 0 Å². The molecule has 2 rings (SSSR count). The van der Waals surface area contributed by atoms with Crippen LogP contribution in [0.15, 0.2) is 18.2 Å². The summed E-state index contributed by atoms with van der Waals surface area (Å²) >= 11 is 0. The van der Waals surface area contributed by atoms with Gasteiger partial charge in [-0.1, -0.05) is 19.1 Å². The molecule has 0 spiro atoms. The molecule has 0 saturated carbocycles. The van der Waals surface area contributed by atoms with Crippen LogP contribution in [0.1, 0.15) is 24.5 Å².